The van der Waals surface area contributed by atoms with E-state index in [1.54, 1.807) is 0 Å². The molecule has 3 fully saturated rings. The number of hydrogen-bond acceptors (Lipinski definition) is 3. The van der Waals surface area contributed by atoms with E-state index in [9.17, 15) is 0 Å². The maximum Gasteiger partial charge on any atom is 0.0777 e. The van der Waals surface area contributed by atoms with Crippen molar-refractivity contribution in [2.24, 2.45) is 17.8 Å². The van der Waals surface area contributed by atoms with E-state index in [1.165, 1.54) is 58.0 Å². The minimum atomic E-state index is -0.0438. The second-order valence-corrected chi connectivity index (χ2v) is 10.8. The SMILES string of the molecule is COC(C)(C)C1CC(C2CCC(C3CCCN3C(C)C)CC2)CN1C(C)C. The summed E-state index contributed by atoms with van der Waals surface area (Å²) in [7, 11) is 1.89. The second-order valence-electron chi connectivity index (χ2n) is 10.8. The first kappa shape index (κ1) is 21.6. The van der Waals surface area contributed by atoms with E-state index in [0.717, 1.165) is 29.8 Å². The summed E-state index contributed by atoms with van der Waals surface area (Å²) >= 11 is 0. The van der Waals surface area contributed by atoms with Crippen LogP contribution in [-0.4, -0.2) is 59.8 Å². The number of nitrogens with zero attached hydrogens (tertiary/aromatic N) is 2. The molecule has 3 unspecified atom stereocenters. The molecule has 1 saturated carbocycles. The quantitative estimate of drug-likeness (QED) is 0.632. The second kappa shape index (κ2) is 8.71. The molecule has 3 heteroatoms. The Labute approximate surface area is 169 Å². The molecule has 0 radical (unpaired) electrons. The Kier molecular flexibility index (Phi) is 6.97. The normalized spacial score (nSPS) is 37.0. The van der Waals surface area contributed by atoms with E-state index in [-0.39, 0.29) is 5.60 Å². The van der Waals surface area contributed by atoms with Gasteiger partial charge in [0.2, 0.25) is 0 Å². The van der Waals surface area contributed by atoms with Crippen LogP contribution in [0.3, 0.4) is 0 Å². The molecular weight excluding hydrogens is 332 g/mol. The molecule has 3 nitrogen and oxygen atoms in total. The standard InChI is InChI=1S/C24H46N2O/c1-17(2)25-14-8-9-22(25)20-12-10-19(11-13-20)21-15-23(24(5,6)27-7)26(16-21)18(3)4/h17-23H,8-16H2,1-7H3. The maximum absolute atomic E-state index is 5.91. The van der Waals surface area contributed by atoms with Crippen molar-refractivity contribution in [2.75, 3.05) is 20.2 Å². The topological polar surface area (TPSA) is 15.7 Å². The van der Waals surface area contributed by atoms with Crippen molar-refractivity contribution in [3.63, 3.8) is 0 Å². The van der Waals surface area contributed by atoms with Gasteiger partial charge in [-0.15, -0.1) is 0 Å². The van der Waals surface area contributed by atoms with Crippen LogP contribution in [0.25, 0.3) is 0 Å². The van der Waals surface area contributed by atoms with Gasteiger partial charge in [0.1, 0.15) is 0 Å². The van der Waals surface area contributed by atoms with Crippen molar-refractivity contribution in [2.45, 2.75) is 116 Å². The van der Waals surface area contributed by atoms with Crippen molar-refractivity contribution in [3.05, 3.63) is 0 Å². The van der Waals surface area contributed by atoms with Gasteiger partial charge in [0.05, 0.1) is 5.60 Å². The third kappa shape index (κ3) is 4.56. The predicted octanol–water partition coefficient (Wildman–Crippen LogP) is 5.19. The van der Waals surface area contributed by atoms with Crippen LogP contribution in [0.15, 0.2) is 0 Å². The fourth-order valence-corrected chi connectivity index (χ4v) is 6.59. The van der Waals surface area contributed by atoms with Crippen molar-refractivity contribution in [1.29, 1.82) is 0 Å². The number of ether oxygens (including phenoxy) is 1. The van der Waals surface area contributed by atoms with Crippen LogP contribution >= 0.6 is 0 Å². The molecule has 0 bridgehead atoms. The summed E-state index contributed by atoms with van der Waals surface area (Å²) in [6, 6.07) is 2.78. The Hall–Kier alpha value is -0.120. The summed E-state index contributed by atoms with van der Waals surface area (Å²) in [6.07, 6.45) is 10.1. The summed E-state index contributed by atoms with van der Waals surface area (Å²) < 4.78 is 5.91. The highest BCUT2D eigenvalue weighted by Crippen LogP contribution is 2.44. The summed E-state index contributed by atoms with van der Waals surface area (Å²) in [4.78, 5) is 5.54. The molecule has 2 heterocycles. The fourth-order valence-electron chi connectivity index (χ4n) is 6.59. The molecular formula is C24H46N2O. The van der Waals surface area contributed by atoms with Gasteiger partial charge in [-0.3, -0.25) is 9.80 Å². The minimum absolute atomic E-state index is 0.0438. The van der Waals surface area contributed by atoms with E-state index in [0.29, 0.717) is 12.1 Å². The van der Waals surface area contributed by atoms with Crippen LogP contribution < -0.4 is 0 Å². The molecule has 1 aliphatic carbocycles. The number of rotatable bonds is 6. The summed E-state index contributed by atoms with van der Waals surface area (Å²) in [5.41, 5.74) is -0.0438. The summed E-state index contributed by atoms with van der Waals surface area (Å²) in [5, 5.41) is 0. The molecule has 3 atom stereocenters. The highest BCUT2D eigenvalue weighted by Gasteiger charge is 2.46. The lowest BCUT2D eigenvalue weighted by Gasteiger charge is -2.39. The average molecular weight is 379 g/mol. The molecule has 158 valence electrons. The zero-order valence-corrected chi connectivity index (χ0v) is 19.2. The molecule has 0 aromatic carbocycles. The van der Waals surface area contributed by atoms with E-state index in [2.05, 4.69) is 51.3 Å². The van der Waals surface area contributed by atoms with Crippen molar-refractivity contribution in [3.8, 4) is 0 Å². The van der Waals surface area contributed by atoms with Gasteiger partial charge in [-0.1, -0.05) is 0 Å². The van der Waals surface area contributed by atoms with Gasteiger partial charge in [-0.05, 0) is 111 Å². The molecule has 0 N–H and O–H groups in total. The maximum atomic E-state index is 5.91. The first-order valence-corrected chi connectivity index (χ1v) is 11.8. The van der Waals surface area contributed by atoms with Crippen LogP contribution in [0, 0.1) is 17.8 Å². The van der Waals surface area contributed by atoms with Gasteiger partial charge < -0.3 is 4.74 Å². The van der Waals surface area contributed by atoms with Gasteiger partial charge in [-0.25, -0.2) is 0 Å². The lowest BCUT2D eigenvalue weighted by molar-refractivity contribution is -0.0472. The highest BCUT2D eigenvalue weighted by atomic mass is 16.5. The first-order chi connectivity index (χ1) is 12.7. The smallest absolute Gasteiger partial charge is 0.0777 e. The van der Waals surface area contributed by atoms with Gasteiger partial charge in [0.15, 0.2) is 0 Å². The zero-order chi connectivity index (χ0) is 19.8. The van der Waals surface area contributed by atoms with E-state index >= 15 is 0 Å². The molecule has 0 spiro atoms. The van der Waals surface area contributed by atoms with Crippen LogP contribution in [0.4, 0.5) is 0 Å². The lowest BCUT2D eigenvalue weighted by atomic mass is 9.72. The zero-order valence-electron chi connectivity index (χ0n) is 19.2. The number of likely N-dealkylation sites (tertiary alicyclic amines) is 2. The summed E-state index contributed by atoms with van der Waals surface area (Å²) in [5.74, 6) is 2.77. The van der Waals surface area contributed by atoms with Gasteiger partial charge in [-0.2, -0.15) is 0 Å². The third-order valence-electron chi connectivity index (χ3n) is 8.40. The van der Waals surface area contributed by atoms with Crippen LogP contribution in [0.1, 0.15) is 86.5 Å². The van der Waals surface area contributed by atoms with Crippen LogP contribution in [0.5, 0.6) is 0 Å². The minimum Gasteiger partial charge on any atom is -0.377 e. The van der Waals surface area contributed by atoms with E-state index in [1.807, 2.05) is 7.11 Å². The average Bonchev–Trinajstić information content (AvgIpc) is 3.29. The van der Waals surface area contributed by atoms with Gasteiger partial charge >= 0.3 is 0 Å². The largest absolute Gasteiger partial charge is 0.377 e. The van der Waals surface area contributed by atoms with Crippen molar-refractivity contribution >= 4 is 0 Å². The van der Waals surface area contributed by atoms with Crippen molar-refractivity contribution < 1.29 is 4.74 Å². The molecule has 3 rings (SSSR count). The molecule has 2 saturated heterocycles. The molecule has 3 aliphatic rings. The molecule has 27 heavy (non-hydrogen) atoms. The first-order valence-electron chi connectivity index (χ1n) is 11.8. The Bertz CT molecular complexity index is 467. The number of hydrogen-bond donors (Lipinski definition) is 0. The highest BCUT2D eigenvalue weighted by molar-refractivity contribution is 4.99. The molecule has 2 aliphatic heterocycles. The Morgan fingerprint density at radius 1 is 0.815 bits per heavy atom. The molecule has 0 amide bonds. The lowest BCUT2D eigenvalue weighted by Crippen LogP contribution is -2.49. The van der Waals surface area contributed by atoms with Gasteiger partial charge in [0.25, 0.3) is 0 Å². The predicted molar refractivity (Wildman–Crippen MR) is 115 cm³/mol. The Balaban J connectivity index is 1.58. The summed E-state index contributed by atoms with van der Waals surface area (Å²) in [6.45, 7) is 16.7. The Morgan fingerprint density at radius 2 is 1.41 bits per heavy atom. The monoisotopic (exact) mass is 378 g/mol. The van der Waals surface area contributed by atoms with Gasteiger partial charge in [0, 0.05) is 37.8 Å². The van der Waals surface area contributed by atoms with Crippen molar-refractivity contribution in [1.82, 2.24) is 9.80 Å². The van der Waals surface area contributed by atoms with E-state index in [4.69, 9.17) is 4.74 Å². The molecule has 0 aromatic rings. The van der Waals surface area contributed by atoms with Crippen LogP contribution in [0.2, 0.25) is 0 Å². The molecule has 0 aromatic heterocycles. The number of methoxy groups -OCH3 is 1. The third-order valence-corrected chi connectivity index (χ3v) is 8.40. The fraction of sp³-hybridized carbons (Fsp3) is 1.00. The van der Waals surface area contributed by atoms with E-state index < -0.39 is 0 Å². The Morgan fingerprint density at radius 3 is 1.96 bits per heavy atom. The van der Waals surface area contributed by atoms with Crippen LogP contribution in [-0.2, 0) is 4.74 Å².